The fourth-order valence-corrected chi connectivity index (χ4v) is 2.91. The molecule has 0 aliphatic carbocycles. The maximum atomic E-state index is 13.9. The van der Waals surface area contributed by atoms with E-state index < -0.39 is 0 Å². The van der Waals surface area contributed by atoms with Crippen molar-refractivity contribution in [2.75, 3.05) is 0 Å². The van der Waals surface area contributed by atoms with Crippen LogP contribution in [0.5, 0.6) is 0 Å². The van der Waals surface area contributed by atoms with Crippen LogP contribution in [0, 0.1) is 5.82 Å². The Hall–Kier alpha value is -1.10. The van der Waals surface area contributed by atoms with Gasteiger partial charge >= 0.3 is 0 Å². The van der Waals surface area contributed by atoms with E-state index in [0.717, 1.165) is 5.69 Å². The first-order chi connectivity index (χ1) is 9.97. The topological polar surface area (TPSA) is 17.8 Å². The lowest BCUT2D eigenvalue weighted by Crippen LogP contribution is -2.01. The molecule has 0 bridgehead atoms. The lowest BCUT2D eigenvalue weighted by Gasteiger charge is -2.11. The third kappa shape index (κ3) is 2.68. The van der Waals surface area contributed by atoms with E-state index in [2.05, 4.69) is 20.9 Å². The number of hydrogen-bond acceptors (Lipinski definition) is 1. The molecule has 0 fully saturated rings. The second kappa shape index (κ2) is 5.59. The maximum Gasteiger partial charge on any atom is 0.139 e. The van der Waals surface area contributed by atoms with Gasteiger partial charge in [0.05, 0.1) is 20.9 Å². The van der Waals surface area contributed by atoms with Gasteiger partial charge in [0.1, 0.15) is 11.6 Å². The molecule has 0 aliphatic rings. The second-order valence-corrected chi connectivity index (χ2v) is 6.60. The highest BCUT2D eigenvalue weighted by Crippen LogP contribution is 2.31. The summed E-state index contributed by atoms with van der Waals surface area (Å²) in [6.07, 6.45) is 0. The van der Waals surface area contributed by atoms with Crippen molar-refractivity contribution in [3.63, 3.8) is 0 Å². The minimum absolute atomic E-state index is 0.321. The first-order valence-corrected chi connectivity index (χ1v) is 7.85. The molecule has 0 amide bonds. The summed E-state index contributed by atoms with van der Waals surface area (Å²) in [5.41, 5.74) is 2.13. The molecule has 1 aromatic heterocycles. The van der Waals surface area contributed by atoms with Gasteiger partial charge < -0.3 is 0 Å². The van der Waals surface area contributed by atoms with Crippen LogP contribution in [0.2, 0.25) is 5.02 Å². The smallest absolute Gasteiger partial charge is 0.139 e. The van der Waals surface area contributed by atoms with E-state index in [0.29, 0.717) is 26.4 Å². The Morgan fingerprint density at radius 2 is 2.05 bits per heavy atom. The number of rotatable bonds is 2. The van der Waals surface area contributed by atoms with E-state index >= 15 is 0 Å². The number of fused-ring (bicyclic) bond motifs is 1. The van der Waals surface area contributed by atoms with Gasteiger partial charge in [-0.15, -0.1) is 11.6 Å². The second-order valence-electron chi connectivity index (χ2n) is 4.66. The van der Waals surface area contributed by atoms with E-state index in [4.69, 9.17) is 23.2 Å². The van der Waals surface area contributed by atoms with Crippen LogP contribution in [0.15, 0.2) is 40.9 Å². The normalized spacial score (nSPS) is 12.8. The van der Waals surface area contributed by atoms with Gasteiger partial charge in [0, 0.05) is 16.8 Å². The van der Waals surface area contributed by atoms with Gasteiger partial charge in [-0.25, -0.2) is 9.37 Å². The van der Waals surface area contributed by atoms with Gasteiger partial charge in [0.15, 0.2) is 0 Å². The molecule has 0 spiro atoms. The molecule has 0 saturated heterocycles. The van der Waals surface area contributed by atoms with Crippen LogP contribution in [0.1, 0.15) is 18.1 Å². The summed E-state index contributed by atoms with van der Waals surface area (Å²) in [5, 5.41) is 0.276. The highest BCUT2D eigenvalue weighted by Gasteiger charge is 2.18. The van der Waals surface area contributed by atoms with Crippen LogP contribution >= 0.6 is 39.1 Å². The summed E-state index contributed by atoms with van der Waals surface area (Å²) >= 11 is 15.5. The molecule has 6 heteroatoms. The Labute approximate surface area is 139 Å². The number of aromatic nitrogens is 2. The summed E-state index contributed by atoms with van der Waals surface area (Å²) in [6.45, 7) is 1.83. The Kier molecular flexibility index (Phi) is 3.95. The van der Waals surface area contributed by atoms with Crippen molar-refractivity contribution in [1.82, 2.24) is 9.55 Å². The number of benzene rings is 2. The monoisotopic (exact) mass is 386 g/mol. The summed E-state index contributed by atoms with van der Waals surface area (Å²) in [4.78, 5) is 4.51. The van der Waals surface area contributed by atoms with Crippen molar-refractivity contribution in [1.29, 1.82) is 0 Å². The van der Waals surface area contributed by atoms with Gasteiger partial charge in [0.2, 0.25) is 0 Å². The third-order valence-corrected chi connectivity index (χ3v) is 4.18. The van der Waals surface area contributed by atoms with Crippen molar-refractivity contribution in [2.24, 2.45) is 0 Å². The minimum Gasteiger partial charge on any atom is -0.295 e. The van der Waals surface area contributed by atoms with Gasteiger partial charge in [-0.2, -0.15) is 0 Å². The average molecular weight is 388 g/mol. The molecule has 0 aliphatic heterocycles. The van der Waals surface area contributed by atoms with E-state index in [1.165, 1.54) is 6.07 Å². The molecule has 3 rings (SSSR count). The van der Waals surface area contributed by atoms with Crippen LogP contribution < -0.4 is 0 Å². The van der Waals surface area contributed by atoms with Crippen molar-refractivity contribution in [3.8, 4) is 5.69 Å². The molecule has 1 heterocycles. The minimum atomic E-state index is -0.348. The van der Waals surface area contributed by atoms with E-state index in [1.807, 2.05) is 23.6 Å². The molecule has 0 saturated carbocycles. The van der Waals surface area contributed by atoms with Gasteiger partial charge in [0.25, 0.3) is 0 Å². The van der Waals surface area contributed by atoms with Crippen LogP contribution in [-0.2, 0) is 0 Å². The zero-order valence-corrected chi connectivity index (χ0v) is 14.0. The zero-order chi connectivity index (χ0) is 15.1. The molecular weight excluding hydrogens is 378 g/mol. The maximum absolute atomic E-state index is 13.9. The molecule has 0 N–H and O–H groups in total. The Bertz CT molecular complexity index is 830. The molecule has 21 heavy (non-hydrogen) atoms. The quantitative estimate of drug-likeness (QED) is 0.502. The first kappa shape index (κ1) is 14.8. The molecule has 2 nitrogen and oxygen atoms in total. The van der Waals surface area contributed by atoms with Crippen molar-refractivity contribution in [2.45, 2.75) is 12.3 Å². The van der Waals surface area contributed by atoms with E-state index in [1.54, 1.807) is 18.2 Å². The number of halogens is 4. The fraction of sp³-hybridized carbons (Fsp3) is 0.133. The van der Waals surface area contributed by atoms with Gasteiger partial charge in [-0.05, 0) is 47.1 Å². The molecule has 3 aromatic rings. The SMILES string of the molecule is CC(Cl)c1nc2cc(Br)c(F)cc2n1-c1cccc(Cl)c1. The van der Waals surface area contributed by atoms with Crippen LogP contribution in [0.3, 0.4) is 0 Å². The highest BCUT2D eigenvalue weighted by molar-refractivity contribution is 9.10. The number of imidazole rings is 1. The lowest BCUT2D eigenvalue weighted by molar-refractivity contribution is 0.622. The summed E-state index contributed by atoms with van der Waals surface area (Å²) in [7, 11) is 0. The molecule has 2 aromatic carbocycles. The zero-order valence-electron chi connectivity index (χ0n) is 10.9. The summed E-state index contributed by atoms with van der Waals surface area (Å²) < 4.78 is 16.1. The van der Waals surface area contributed by atoms with Crippen molar-refractivity contribution < 1.29 is 4.39 Å². The van der Waals surface area contributed by atoms with Gasteiger partial charge in [-0.3, -0.25) is 4.57 Å². The Morgan fingerprint density at radius 1 is 1.29 bits per heavy atom. The standard InChI is InChI=1S/C15H10BrCl2FN2/c1-8(17)15-20-13-6-11(16)12(19)7-14(13)21(15)10-4-2-3-9(18)5-10/h2-8H,1H3. The molecule has 0 radical (unpaired) electrons. The first-order valence-electron chi connectivity index (χ1n) is 6.25. The molecule has 1 atom stereocenters. The predicted octanol–water partition coefficient (Wildman–Crippen LogP) is 5.88. The number of alkyl halides is 1. The highest BCUT2D eigenvalue weighted by atomic mass is 79.9. The van der Waals surface area contributed by atoms with Gasteiger partial charge in [-0.1, -0.05) is 17.7 Å². The predicted molar refractivity (Wildman–Crippen MR) is 88.0 cm³/mol. The lowest BCUT2D eigenvalue weighted by atomic mass is 10.2. The average Bonchev–Trinajstić information content (AvgIpc) is 2.78. The third-order valence-electron chi connectivity index (χ3n) is 3.14. The molecule has 108 valence electrons. The number of hydrogen-bond donors (Lipinski definition) is 0. The van der Waals surface area contributed by atoms with E-state index in [-0.39, 0.29) is 11.2 Å². The number of nitrogens with zero attached hydrogens (tertiary/aromatic N) is 2. The van der Waals surface area contributed by atoms with Crippen LogP contribution in [-0.4, -0.2) is 9.55 Å². The molecular formula is C15H10BrCl2FN2. The fourth-order valence-electron chi connectivity index (χ4n) is 2.24. The Balaban J connectivity index is 2.38. The Morgan fingerprint density at radius 3 is 2.71 bits per heavy atom. The van der Waals surface area contributed by atoms with Crippen molar-refractivity contribution in [3.05, 3.63) is 57.5 Å². The summed E-state index contributed by atoms with van der Waals surface area (Å²) in [5.74, 6) is 0.297. The molecule has 1 unspecified atom stereocenters. The van der Waals surface area contributed by atoms with Crippen molar-refractivity contribution >= 4 is 50.2 Å². The van der Waals surface area contributed by atoms with Crippen LogP contribution in [0.25, 0.3) is 16.7 Å². The summed E-state index contributed by atoms with van der Waals surface area (Å²) in [6, 6.07) is 10.4. The largest absolute Gasteiger partial charge is 0.295 e. The van der Waals surface area contributed by atoms with Crippen LogP contribution in [0.4, 0.5) is 4.39 Å². The van der Waals surface area contributed by atoms with E-state index in [9.17, 15) is 4.39 Å².